The van der Waals surface area contributed by atoms with Gasteiger partial charge in [-0.15, -0.1) is 11.3 Å². The van der Waals surface area contributed by atoms with Crippen molar-refractivity contribution in [2.75, 3.05) is 5.32 Å². The molecule has 6 rings (SSSR count). The van der Waals surface area contributed by atoms with Crippen LogP contribution in [0.2, 0.25) is 0 Å². The lowest BCUT2D eigenvalue weighted by atomic mass is 9.98. The molecule has 0 aliphatic carbocycles. The highest BCUT2D eigenvalue weighted by Gasteiger charge is 2.20. The Morgan fingerprint density at radius 1 is 0.943 bits per heavy atom. The van der Waals surface area contributed by atoms with Crippen molar-refractivity contribution in [3.05, 3.63) is 107 Å². The zero-order valence-corrected chi connectivity index (χ0v) is 19.6. The molecule has 0 saturated carbocycles. The summed E-state index contributed by atoms with van der Waals surface area (Å²) in [5.74, 6) is 0.640. The van der Waals surface area contributed by atoms with Crippen LogP contribution in [0.15, 0.2) is 95.8 Å². The first kappa shape index (κ1) is 21.1. The number of para-hydroxylation sites is 1. The van der Waals surface area contributed by atoms with Crippen molar-refractivity contribution in [3.8, 4) is 16.8 Å². The van der Waals surface area contributed by atoms with Gasteiger partial charge in [0.2, 0.25) is 0 Å². The summed E-state index contributed by atoms with van der Waals surface area (Å²) in [6.45, 7) is 2.02. The normalized spacial score (nSPS) is 12.1. The minimum absolute atomic E-state index is 0.0775. The molecule has 4 heterocycles. The van der Waals surface area contributed by atoms with Crippen molar-refractivity contribution in [2.24, 2.45) is 0 Å². The van der Waals surface area contributed by atoms with Crippen LogP contribution in [-0.4, -0.2) is 24.5 Å². The Morgan fingerprint density at radius 3 is 2.60 bits per heavy atom. The first-order valence-corrected chi connectivity index (χ1v) is 12.0. The first-order valence-electron chi connectivity index (χ1n) is 11.2. The predicted molar refractivity (Wildman–Crippen MR) is 140 cm³/mol. The Balaban J connectivity index is 1.58. The highest BCUT2D eigenvalue weighted by atomic mass is 32.1. The van der Waals surface area contributed by atoms with E-state index in [-0.39, 0.29) is 11.6 Å². The Kier molecular flexibility index (Phi) is 5.27. The SMILES string of the molecule is C[C@H](Nc1ncnc2scnc12)c1cc2cccc(-c3ccncc3)c2c(=O)n1-c1ccccc1. The van der Waals surface area contributed by atoms with Crippen LogP contribution in [0.25, 0.3) is 37.9 Å². The topological polar surface area (TPSA) is 85.6 Å². The van der Waals surface area contributed by atoms with Crippen molar-refractivity contribution < 1.29 is 0 Å². The molecule has 0 radical (unpaired) electrons. The van der Waals surface area contributed by atoms with E-state index in [0.29, 0.717) is 11.2 Å². The summed E-state index contributed by atoms with van der Waals surface area (Å²) in [4.78, 5) is 32.2. The van der Waals surface area contributed by atoms with Crippen LogP contribution in [0, 0.1) is 0 Å². The second-order valence-electron chi connectivity index (χ2n) is 8.15. The summed E-state index contributed by atoms with van der Waals surface area (Å²) in [6, 6.07) is 21.3. The van der Waals surface area contributed by atoms with Gasteiger partial charge in [0.05, 0.1) is 16.9 Å². The minimum atomic E-state index is -0.239. The molecule has 8 heteroatoms. The molecule has 2 aromatic carbocycles. The largest absolute Gasteiger partial charge is 0.360 e. The molecule has 0 unspecified atom stereocenters. The Bertz CT molecular complexity index is 1710. The Labute approximate surface area is 204 Å². The van der Waals surface area contributed by atoms with Crippen molar-refractivity contribution in [2.45, 2.75) is 13.0 Å². The van der Waals surface area contributed by atoms with Crippen LogP contribution in [0.3, 0.4) is 0 Å². The van der Waals surface area contributed by atoms with E-state index in [9.17, 15) is 4.79 Å². The molecule has 0 bridgehead atoms. The third kappa shape index (κ3) is 3.74. The van der Waals surface area contributed by atoms with Crippen molar-refractivity contribution in [3.63, 3.8) is 0 Å². The molecular weight excluding hydrogens is 456 g/mol. The van der Waals surface area contributed by atoms with E-state index >= 15 is 0 Å². The highest BCUT2D eigenvalue weighted by molar-refractivity contribution is 7.16. The fourth-order valence-corrected chi connectivity index (χ4v) is 5.02. The molecule has 0 aliphatic rings. The maximum Gasteiger partial charge on any atom is 0.263 e. The fourth-order valence-electron chi connectivity index (χ4n) is 4.39. The van der Waals surface area contributed by atoms with Crippen LogP contribution >= 0.6 is 11.3 Å². The summed E-state index contributed by atoms with van der Waals surface area (Å²) in [5.41, 5.74) is 5.85. The van der Waals surface area contributed by atoms with E-state index in [4.69, 9.17) is 0 Å². The molecule has 7 nitrogen and oxygen atoms in total. The number of benzene rings is 2. The smallest absolute Gasteiger partial charge is 0.263 e. The van der Waals surface area contributed by atoms with Gasteiger partial charge in [0.15, 0.2) is 5.82 Å². The lowest BCUT2D eigenvalue weighted by Gasteiger charge is -2.22. The maximum absolute atomic E-state index is 14.2. The van der Waals surface area contributed by atoms with Crippen LogP contribution in [0.5, 0.6) is 0 Å². The third-order valence-electron chi connectivity index (χ3n) is 6.01. The molecule has 1 atom stereocenters. The molecule has 4 aromatic heterocycles. The van der Waals surface area contributed by atoms with Gasteiger partial charge in [0, 0.05) is 23.8 Å². The van der Waals surface area contributed by atoms with E-state index in [2.05, 4.69) is 31.3 Å². The first-order chi connectivity index (χ1) is 17.2. The zero-order valence-electron chi connectivity index (χ0n) is 18.8. The fraction of sp³-hybridized carbons (Fsp3) is 0.0741. The molecule has 170 valence electrons. The average molecular weight is 477 g/mol. The zero-order chi connectivity index (χ0) is 23.8. The van der Waals surface area contributed by atoms with Crippen LogP contribution < -0.4 is 10.9 Å². The predicted octanol–water partition coefficient (Wildman–Crippen LogP) is 5.63. The van der Waals surface area contributed by atoms with Crippen LogP contribution in [0.4, 0.5) is 5.82 Å². The summed E-state index contributed by atoms with van der Waals surface area (Å²) < 4.78 is 1.78. The number of hydrogen-bond donors (Lipinski definition) is 1. The van der Waals surface area contributed by atoms with Crippen molar-refractivity contribution in [1.82, 2.24) is 24.5 Å². The van der Waals surface area contributed by atoms with Gasteiger partial charge in [-0.1, -0.05) is 36.4 Å². The summed E-state index contributed by atoms with van der Waals surface area (Å²) in [7, 11) is 0. The number of fused-ring (bicyclic) bond motifs is 2. The second-order valence-corrected chi connectivity index (χ2v) is 8.98. The number of pyridine rings is 2. The molecule has 1 N–H and O–H groups in total. The van der Waals surface area contributed by atoms with E-state index in [1.165, 1.54) is 17.7 Å². The highest BCUT2D eigenvalue weighted by Crippen LogP contribution is 2.30. The molecule has 0 spiro atoms. The molecule has 35 heavy (non-hydrogen) atoms. The van der Waals surface area contributed by atoms with E-state index < -0.39 is 0 Å². The number of thiazole rings is 1. The number of aromatic nitrogens is 5. The number of nitrogens with one attached hydrogen (secondary N) is 1. The van der Waals surface area contributed by atoms with Gasteiger partial charge in [-0.3, -0.25) is 14.3 Å². The van der Waals surface area contributed by atoms with Gasteiger partial charge < -0.3 is 5.32 Å². The maximum atomic E-state index is 14.2. The lowest BCUT2D eigenvalue weighted by Crippen LogP contribution is -2.26. The second kappa shape index (κ2) is 8.73. The average Bonchev–Trinajstić information content (AvgIpc) is 3.39. The van der Waals surface area contributed by atoms with Crippen molar-refractivity contribution in [1.29, 1.82) is 0 Å². The lowest BCUT2D eigenvalue weighted by molar-refractivity contribution is 0.774. The van der Waals surface area contributed by atoms with Gasteiger partial charge in [-0.2, -0.15) is 0 Å². The van der Waals surface area contributed by atoms with Gasteiger partial charge >= 0.3 is 0 Å². The van der Waals surface area contributed by atoms with Gasteiger partial charge in [-0.25, -0.2) is 15.0 Å². The van der Waals surface area contributed by atoms with E-state index in [1.54, 1.807) is 22.5 Å². The van der Waals surface area contributed by atoms with Crippen LogP contribution in [0.1, 0.15) is 18.7 Å². The standard InChI is InChI=1S/C27H20N6OS/c1-17(32-25-24-26(30-15-29-25)35-16-31-24)22-14-19-6-5-9-21(18-10-12-28-13-11-18)23(19)27(34)33(22)20-7-3-2-4-8-20/h2-17H,1H3,(H,29,30,32)/t17-/m0/s1. The van der Waals surface area contributed by atoms with Gasteiger partial charge in [-0.05, 0) is 53.8 Å². The monoisotopic (exact) mass is 476 g/mol. The summed E-state index contributed by atoms with van der Waals surface area (Å²) in [6.07, 6.45) is 5.01. The van der Waals surface area contributed by atoms with Gasteiger partial charge in [0.25, 0.3) is 5.56 Å². The Morgan fingerprint density at radius 2 is 1.77 bits per heavy atom. The molecule has 0 fully saturated rings. The molecular formula is C27H20N6OS. The number of nitrogens with zero attached hydrogens (tertiary/aromatic N) is 5. The summed E-state index contributed by atoms with van der Waals surface area (Å²) >= 11 is 1.47. The summed E-state index contributed by atoms with van der Waals surface area (Å²) in [5, 5.41) is 5.01. The number of hydrogen-bond acceptors (Lipinski definition) is 7. The van der Waals surface area contributed by atoms with E-state index in [0.717, 1.165) is 38.2 Å². The van der Waals surface area contributed by atoms with Crippen molar-refractivity contribution >= 4 is 38.3 Å². The Hall–Kier alpha value is -4.43. The molecule has 0 aliphatic heterocycles. The quantitative estimate of drug-likeness (QED) is 0.347. The number of anilines is 1. The molecule has 0 saturated heterocycles. The minimum Gasteiger partial charge on any atom is -0.360 e. The molecule has 0 amide bonds. The van der Waals surface area contributed by atoms with Gasteiger partial charge in [0.1, 0.15) is 16.7 Å². The third-order valence-corrected chi connectivity index (χ3v) is 6.75. The van der Waals surface area contributed by atoms with E-state index in [1.807, 2.05) is 67.6 Å². The number of rotatable bonds is 5. The molecule has 6 aromatic rings. The van der Waals surface area contributed by atoms with Crippen LogP contribution in [-0.2, 0) is 0 Å².